The molecule has 0 bridgehead atoms. The second kappa shape index (κ2) is 7.26. The summed E-state index contributed by atoms with van der Waals surface area (Å²) in [7, 11) is 0. The summed E-state index contributed by atoms with van der Waals surface area (Å²) in [6.07, 6.45) is 7.27. The van der Waals surface area contributed by atoms with E-state index in [1.165, 1.54) is 33.5 Å². The lowest BCUT2D eigenvalue weighted by atomic mass is 9.95. The quantitative estimate of drug-likeness (QED) is 0.595. The molecule has 5 heteroatoms. The number of thiazole rings is 1. The molecule has 0 fully saturated rings. The number of para-hydroxylation sites is 1. The molecular weight excluding hydrogens is 348 g/mol. The fourth-order valence-corrected chi connectivity index (χ4v) is 5.80. The number of benzene rings is 1. The van der Waals surface area contributed by atoms with Gasteiger partial charge in [0.15, 0.2) is 0 Å². The van der Waals surface area contributed by atoms with Crippen LogP contribution in [0.4, 0.5) is 5.00 Å². The van der Waals surface area contributed by atoms with Crippen LogP contribution in [0, 0.1) is 0 Å². The molecule has 1 N–H and O–H groups in total. The Morgan fingerprint density at radius 1 is 1.20 bits per heavy atom. The van der Waals surface area contributed by atoms with Crippen molar-refractivity contribution in [3.63, 3.8) is 0 Å². The molecule has 2 heterocycles. The van der Waals surface area contributed by atoms with E-state index in [0.29, 0.717) is 6.42 Å². The number of carbonyl (C=O) groups excluding carboxylic acids is 1. The van der Waals surface area contributed by atoms with Crippen LogP contribution in [-0.2, 0) is 17.6 Å². The molecule has 1 aromatic carbocycles. The number of anilines is 1. The maximum atomic E-state index is 12.3. The molecule has 0 aliphatic heterocycles. The Bertz CT molecular complexity index is 877. The molecule has 0 saturated carbocycles. The van der Waals surface area contributed by atoms with E-state index in [2.05, 4.69) is 30.4 Å². The zero-order valence-corrected chi connectivity index (χ0v) is 16.1. The Morgan fingerprint density at radius 2 is 2.04 bits per heavy atom. The van der Waals surface area contributed by atoms with E-state index in [0.717, 1.165) is 41.2 Å². The van der Waals surface area contributed by atoms with E-state index >= 15 is 0 Å². The number of aromatic nitrogens is 1. The van der Waals surface area contributed by atoms with Crippen LogP contribution in [0.2, 0.25) is 0 Å². The first-order valence-electron chi connectivity index (χ1n) is 9.06. The Labute approximate surface area is 156 Å². The summed E-state index contributed by atoms with van der Waals surface area (Å²) in [5.74, 6) is 0.128. The zero-order valence-electron chi connectivity index (χ0n) is 14.4. The molecule has 2 aromatic heterocycles. The summed E-state index contributed by atoms with van der Waals surface area (Å²) in [5.41, 5.74) is 3.65. The lowest BCUT2D eigenvalue weighted by Gasteiger charge is -2.11. The summed E-state index contributed by atoms with van der Waals surface area (Å²) >= 11 is 3.49. The largest absolute Gasteiger partial charge is 0.317 e. The van der Waals surface area contributed by atoms with Crippen LogP contribution in [0.5, 0.6) is 0 Å². The van der Waals surface area contributed by atoms with Gasteiger partial charge in [-0.15, -0.1) is 22.7 Å². The predicted molar refractivity (Wildman–Crippen MR) is 108 cm³/mol. The summed E-state index contributed by atoms with van der Waals surface area (Å²) in [5, 5.41) is 5.25. The molecule has 0 spiro atoms. The highest BCUT2D eigenvalue weighted by atomic mass is 32.1. The molecule has 1 aliphatic carbocycles. The lowest BCUT2D eigenvalue weighted by Crippen LogP contribution is -2.10. The highest BCUT2D eigenvalue weighted by Crippen LogP contribution is 2.46. The molecule has 25 heavy (non-hydrogen) atoms. The molecule has 0 atom stereocenters. The van der Waals surface area contributed by atoms with E-state index in [9.17, 15) is 4.79 Å². The van der Waals surface area contributed by atoms with Crippen LogP contribution in [0.15, 0.2) is 24.3 Å². The van der Waals surface area contributed by atoms with Crippen LogP contribution >= 0.6 is 22.7 Å². The maximum Gasteiger partial charge on any atom is 0.224 e. The second-order valence-corrected chi connectivity index (χ2v) is 8.69. The Balaban J connectivity index is 1.76. The molecule has 3 nitrogen and oxygen atoms in total. The Hall–Kier alpha value is -1.72. The minimum atomic E-state index is 0.128. The van der Waals surface area contributed by atoms with Crippen LogP contribution in [0.3, 0.4) is 0 Å². The molecule has 4 rings (SSSR count). The normalized spacial score (nSPS) is 13.8. The number of amides is 1. The van der Waals surface area contributed by atoms with Gasteiger partial charge in [-0.3, -0.25) is 4.79 Å². The third kappa shape index (κ3) is 3.35. The molecule has 1 amide bonds. The Kier molecular flexibility index (Phi) is 4.86. The van der Waals surface area contributed by atoms with Crippen molar-refractivity contribution in [3.8, 4) is 10.6 Å². The van der Waals surface area contributed by atoms with Gasteiger partial charge in [-0.25, -0.2) is 4.98 Å². The summed E-state index contributed by atoms with van der Waals surface area (Å²) in [6, 6.07) is 8.27. The number of aryl methyl sites for hydroxylation is 1. The van der Waals surface area contributed by atoms with Crippen LogP contribution < -0.4 is 5.32 Å². The van der Waals surface area contributed by atoms with Gasteiger partial charge >= 0.3 is 0 Å². The number of nitrogens with one attached hydrogen (secondary N) is 1. The monoisotopic (exact) mass is 370 g/mol. The van der Waals surface area contributed by atoms with E-state index in [4.69, 9.17) is 4.98 Å². The lowest BCUT2D eigenvalue weighted by molar-refractivity contribution is -0.116. The number of thiophene rings is 1. The fraction of sp³-hybridized carbons (Fsp3) is 0.400. The van der Waals surface area contributed by atoms with Gasteiger partial charge in [-0.05, 0) is 49.8 Å². The second-order valence-electron chi connectivity index (χ2n) is 6.55. The third-order valence-electron chi connectivity index (χ3n) is 4.69. The van der Waals surface area contributed by atoms with Crippen molar-refractivity contribution >= 4 is 43.8 Å². The maximum absolute atomic E-state index is 12.3. The van der Waals surface area contributed by atoms with Gasteiger partial charge in [0.05, 0.1) is 10.2 Å². The van der Waals surface area contributed by atoms with Crippen molar-refractivity contribution in [2.45, 2.75) is 51.9 Å². The number of hydrogen-bond acceptors (Lipinski definition) is 4. The first-order chi connectivity index (χ1) is 12.3. The number of rotatable bonds is 5. The molecule has 130 valence electrons. The minimum absolute atomic E-state index is 0.128. The number of fused-ring (bicyclic) bond motifs is 2. The number of carbonyl (C=O) groups is 1. The standard InChI is InChI=1S/C20H22N2OS2/c1-2-3-12-17(23)22-20-18(13-8-4-6-10-15(13)24-20)19-21-14-9-5-7-11-16(14)25-19/h5,7,9,11H,2-4,6,8,10,12H2,1H3,(H,22,23). The van der Waals surface area contributed by atoms with Crippen molar-refractivity contribution in [3.05, 3.63) is 34.7 Å². The minimum Gasteiger partial charge on any atom is -0.317 e. The smallest absolute Gasteiger partial charge is 0.224 e. The topological polar surface area (TPSA) is 42.0 Å². The van der Waals surface area contributed by atoms with E-state index in [-0.39, 0.29) is 5.91 Å². The SMILES string of the molecule is CCCCC(=O)Nc1sc2c(c1-c1nc3ccccc3s1)CCCC2. The van der Waals surface area contributed by atoms with Gasteiger partial charge in [0.1, 0.15) is 10.0 Å². The third-order valence-corrected chi connectivity index (χ3v) is 6.95. The van der Waals surface area contributed by atoms with Crippen molar-refractivity contribution in [1.82, 2.24) is 4.98 Å². The average Bonchev–Trinajstić information content (AvgIpc) is 3.20. The van der Waals surface area contributed by atoms with Crippen molar-refractivity contribution in [1.29, 1.82) is 0 Å². The first-order valence-corrected chi connectivity index (χ1v) is 10.7. The van der Waals surface area contributed by atoms with E-state index in [1.54, 1.807) is 22.7 Å². The van der Waals surface area contributed by atoms with E-state index < -0.39 is 0 Å². The van der Waals surface area contributed by atoms with E-state index in [1.807, 2.05) is 6.07 Å². The van der Waals surface area contributed by atoms with Crippen molar-refractivity contribution in [2.75, 3.05) is 5.32 Å². The predicted octanol–water partition coefficient (Wildman–Crippen LogP) is 6.03. The van der Waals surface area contributed by atoms with Gasteiger partial charge in [0, 0.05) is 16.9 Å². The molecular formula is C20H22N2OS2. The summed E-state index contributed by atoms with van der Waals surface area (Å²) < 4.78 is 1.21. The van der Waals surface area contributed by atoms with Gasteiger partial charge in [0.25, 0.3) is 0 Å². The van der Waals surface area contributed by atoms with Gasteiger partial charge in [0.2, 0.25) is 5.91 Å². The fourth-order valence-electron chi connectivity index (χ4n) is 3.39. The van der Waals surface area contributed by atoms with Crippen LogP contribution in [0.25, 0.3) is 20.8 Å². The van der Waals surface area contributed by atoms with Crippen LogP contribution in [0.1, 0.15) is 49.5 Å². The van der Waals surface area contributed by atoms with Crippen molar-refractivity contribution in [2.24, 2.45) is 0 Å². The molecule has 0 radical (unpaired) electrons. The Morgan fingerprint density at radius 3 is 2.88 bits per heavy atom. The molecule has 0 unspecified atom stereocenters. The first kappa shape index (κ1) is 16.7. The number of nitrogens with zero attached hydrogens (tertiary/aromatic N) is 1. The summed E-state index contributed by atoms with van der Waals surface area (Å²) in [4.78, 5) is 18.6. The van der Waals surface area contributed by atoms with Gasteiger partial charge in [-0.2, -0.15) is 0 Å². The van der Waals surface area contributed by atoms with Crippen molar-refractivity contribution < 1.29 is 4.79 Å². The zero-order chi connectivity index (χ0) is 17.2. The molecule has 1 aliphatic rings. The van der Waals surface area contributed by atoms with Crippen LogP contribution in [-0.4, -0.2) is 10.9 Å². The molecule has 3 aromatic rings. The highest BCUT2D eigenvalue weighted by Gasteiger charge is 2.24. The summed E-state index contributed by atoms with van der Waals surface area (Å²) in [6.45, 7) is 2.11. The van der Waals surface area contributed by atoms with Gasteiger partial charge < -0.3 is 5.32 Å². The number of unbranched alkanes of at least 4 members (excludes halogenated alkanes) is 1. The number of hydrogen-bond donors (Lipinski definition) is 1. The highest BCUT2D eigenvalue weighted by molar-refractivity contribution is 7.22. The van der Waals surface area contributed by atoms with Gasteiger partial charge in [-0.1, -0.05) is 25.5 Å². The average molecular weight is 371 g/mol. The molecule has 0 saturated heterocycles.